The number of fused-ring (bicyclic) bond motifs is 1. The molecule has 0 aliphatic carbocycles. The molecule has 1 aromatic carbocycles. The SMILES string of the molecule is CN(C[C@@H]1CCCN1)C(=O)[C@@H]1COc2ccccc2O1. The minimum atomic E-state index is -0.545. The van der Waals surface area contributed by atoms with Crippen LogP contribution in [0.4, 0.5) is 0 Å². The number of nitrogens with one attached hydrogen (secondary N) is 1. The maximum absolute atomic E-state index is 12.4. The second kappa shape index (κ2) is 5.71. The molecule has 1 N–H and O–H groups in total. The first kappa shape index (κ1) is 13.2. The molecule has 5 heteroatoms. The molecule has 108 valence electrons. The predicted molar refractivity (Wildman–Crippen MR) is 75.0 cm³/mol. The van der Waals surface area contributed by atoms with Crippen molar-refractivity contribution in [1.29, 1.82) is 0 Å². The quantitative estimate of drug-likeness (QED) is 0.896. The van der Waals surface area contributed by atoms with E-state index in [0.29, 0.717) is 17.5 Å². The summed E-state index contributed by atoms with van der Waals surface area (Å²) in [6.07, 6.45) is 1.77. The highest BCUT2D eigenvalue weighted by Gasteiger charge is 2.30. The molecule has 2 atom stereocenters. The fraction of sp³-hybridized carbons (Fsp3) is 0.533. The smallest absolute Gasteiger partial charge is 0.267 e. The van der Waals surface area contributed by atoms with Crippen LogP contribution in [0.3, 0.4) is 0 Å². The Morgan fingerprint density at radius 2 is 2.20 bits per heavy atom. The number of carbonyl (C=O) groups is 1. The molecule has 0 bridgehead atoms. The zero-order valence-corrected chi connectivity index (χ0v) is 11.7. The Kier molecular flexibility index (Phi) is 3.78. The van der Waals surface area contributed by atoms with Crippen LogP contribution in [-0.2, 0) is 4.79 Å². The van der Waals surface area contributed by atoms with Crippen molar-refractivity contribution in [3.63, 3.8) is 0 Å². The molecule has 5 nitrogen and oxygen atoms in total. The predicted octanol–water partition coefficient (Wildman–Crippen LogP) is 1.04. The maximum atomic E-state index is 12.4. The number of hydrogen-bond donors (Lipinski definition) is 1. The van der Waals surface area contributed by atoms with Gasteiger partial charge in [-0.25, -0.2) is 0 Å². The summed E-state index contributed by atoms with van der Waals surface area (Å²) in [4.78, 5) is 14.1. The molecule has 0 saturated carbocycles. The van der Waals surface area contributed by atoms with Gasteiger partial charge in [-0.3, -0.25) is 4.79 Å². The lowest BCUT2D eigenvalue weighted by Crippen LogP contribution is -2.48. The second-order valence-corrected chi connectivity index (χ2v) is 5.38. The van der Waals surface area contributed by atoms with Crippen LogP contribution >= 0.6 is 0 Å². The monoisotopic (exact) mass is 276 g/mol. The molecule has 1 amide bonds. The highest BCUT2D eigenvalue weighted by Crippen LogP contribution is 2.31. The van der Waals surface area contributed by atoms with Crippen LogP contribution < -0.4 is 14.8 Å². The van der Waals surface area contributed by atoms with Crippen molar-refractivity contribution in [2.45, 2.75) is 25.0 Å². The third-order valence-electron chi connectivity index (χ3n) is 3.82. The van der Waals surface area contributed by atoms with Gasteiger partial charge in [0.1, 0.15) is 6.61 Å². The Labute approximate surface area is 118 Å². The van der Waals surface area contributed by atoms with Crippen LogP contribution in [0.2, 0.25) is 0 Å². The standard InChI is InChI=1S/C15H20N2O3/c1-17(9-11-5-4-8-16-11)15(18)14-10-19-12-6-2-3-7-13(12)20-14/h2-3,6-7,11,14,16H,4-5,8-10H2,1H3/t11-,14-/m0/s1. The maximum Gasteiger partial charge on any atom is 0.267 e. The summed E-state index contributed by atoms with van der Waals surface area (Å²) in [5.74, 6) is 1.33. The first-order valence-electron chi connectivity index (χ1n) is 7.11. The molecule has 1 saturated heterocycles. The van der Waals surface area contributed by atoms with Crippen LogP contribution in [0.25, 0.3) is 0 Å². The van der Waals surface area contributed by atoms with E-state index in [4.69, 9.17) is 9.47 Å². The van der Waals surface area contributed by atoms with Crippen LogP contribution in [0.1, 0.15) is 12.8 Å². The summed E-state index contributed by atoms with van der Waals surface area (Å²) in [6, 6.07) is 7.85. The molecule has 20 heavy (non-hydrogen) atoms. The number of hydrogen-bond acceptors (Lipinski definition) is 4. The fourth-order valence-electron chi connectivity index (χ4n) is 2.72. The van der Waals surface area contributed by atoms with Gasteiger partial charge in [0.15, 0.2) is 11.5 Å². The van der Waals surface area contributed by atoms with Crippen molar-refractivity contribution in [1.82, 2.24) is 10.2 Å². The number of ether oxygens (including phenoxy) is 2. The lowest BCUT2D eigenvalue weighted by atomic mass is 10.2. The van der Waals surface area contributed by atoms with Crippen molar-refractivity contribution in [3.8, 4) is 11.5 Å². The number of benzene rings is 1. The lowest BCUT2D eigenvalue weighted by Gasteiger charge is -2.30. The van der Waals surface area contributed by atoms with Gasteiger partial charge in [-0.1, -0.05) is 12.1 Å². The van der Waals surface area contributed by atoms with Crippen molar-refractivity contribution in [3.05, 3.63) is 24.3 Å². The molecule has 0 radical (unpaired) electrons. The van der Waals surface area contributed by atoms with Crippen LogP contribution in [-0.4, -0.2) is 49.7 Å². The molecule has 1 aromatic rings. The number of amides is 1. The van der Waals surface area contributed by atoms with E-state index in [9.17, 15) is 4.79 Å². The van der Waals surface area contributed by atoms with Crippen molar-refractivity contribution in [2.75, 3.05) is 26.7 Å². The van der Waals surface area contributed by atoms with E-state index >= 15 is 0 Å². The number of carbonyl (C=O) groups excluding carboxylic acids is 1. The summed E-state index contributed by atoms with van der Waals surface area (Å²) >= 11 is 0. The Balaban J connectivity index is 1.60. The number of rotatable bonds is 3. The number of likely N-dealkylation sites (N-methyl/N-ethyl adjacent to an activating group) is 1. The minimum Gasteiger partial charge on any atom is -0.485 e. The van der Waals surface area contributed by atoms with Crippen LogP contribution in [0.5, 0.6) is 11.5 Å². The zero-order valence-electron chi connectivity index (χ0n) is 11.7. The van der Waals surface area contributed by atoms with E-state index in [0.717, 1.165) is 19.5 Å². The molecule has 2 aliphatic heterocycles. The average Bonchev–Trinajstić information content (AvgIpc) is 2.99. The highest BCUT2D eigenvalue weighted by molar-refractivity contribution is 5.81. The van der Waals surface area contributed by atoms with Gasteiger partial charge in [-0.15, -0.1) is 0 Å². The van der Waals surface area contributed by atoms with Gasteiger partial charge in [-0.05, 0) is 31.5 Å². The minimum absolute atomic E-state index is 0.0202. The summed E-state index contributed by atoms with van der Waals surface area (Å²) in [6.45, 7) is 2.04. The van der Waals surface area contributed by atoms with Gasteiger partial charge in [0, 0.05) is 19.6 Å². The number of para-hydroxylation sites is 2. The van der Waals surface area contributed by atoms with Crippen molar-refractivity contribution >= 4 is 5.91 Å². The van der Waals surface area contributed by atoms with E-state index in [1.807, 2.05) is 31.3 Å². The van der Waals surface area contributed by atoms with Gasteiger partial charge in [-0.2, -0.15) is 0 Å². The van der Waals surface area contributed by atoms with E-state index in [2.05, 4.69) is 5.32 Å². The second-order valence-electron chi connectivity index (χ2n) is 5.38. The molecule has 3 rings (SSSR count). The normalized spacial score (nSPS) is 24.4. The molecule has 0 unspecified atom stereocenters. The number of nitrogens with zero attached hydrogens (tertiary/aromatic N) is 1. The zero-order chi connectivity index (χ0) is 13.9. The highest BCUT2D eigenvalue weighted by atomic mass is 16.6. The van der Waals surface area contributed by atoms with Crippen molar-refractivity contribution in [2.24, 2.45) is 0 Å². The Bertz CT molecular complexity index is 486. The molecular formula is C15H20N2O3. The third kappa shape index (κ3) is 2.72. The van der Waals surface area contributed by atoms with E-state index in [1.54, 1.807) is 4.90 Å². The molecule has 0 aromatic heterocycles. The Morgan fingerprint density at radius 3 is 2.95 bits per heavy atom. The molecule has 0 spiro atoms. The van der Waals surface area contributed by atoms with E-state index < -0.39 is 6.10 Å². The van der Waals surface area contributed by atoms with Gasteiger partial charge >= 0.3 is 0 Å². The average molecular weight is 276 g/mol. The third-order valence-corrected chi connectivity index (χ3v) is 3.82. The molecule has 2 aliphatic rings. The van der Waals surface area contributed by atoms with E-state index in [1.165, 1.54) is 6.42 Å². The van der Waals surface area contributed by atoms with Gasteiger partial charge < -0.3 is 19.7 Å². The summed E-state index contributed by atoms with van der Waals surface area (Å²) in [5, 5.41) is 3.39. The Hall–Kier alpha value is -1.75. The first-order valence-corrected chi connectivity index (χ1v) is 7.11. The summed E-state index contributed by atoms with van der Waals surface area (Å²) in [7, 11) is 1.83. The molecular weight excluding hydrogens is 256 g/mol. The van der Waals surface area contributed by atoms with Crippen LogP contribution in [0, 0.1) is 0 Å². The van der Waals surface area contributed by atoms with Gasteiger partial charge in [0.25, 0.3) is 5.91 Å². The molecule has 2 heterocycles. The van der Waals surface area contributed by atoms with Gasteiger partial charge in [0.2, 0.25) is 6.10 Å². The van der Waals surface area contributed by atoms with Crippen LogP contribution in [0.15, 0.2) is 24.3 Å². The summed E-state index contributed by atoms with van der Waals surface area (Å²) < 4.78 is 11.3. The largest absolute Gasteiger partial charge is 0.485 e. The topological polar surface area (TPSA) is 50.8 Å². The fourth-order valence-corrected chi connectivity index (χ4v) is 2.72. The Morgan fingerprint density at radius 1 is 1.40 bits per heavy atom. The summed E-state index contributed by atoms with van der Waals surface area (Å²) in [5.41, 5.74) is 0. The van der Waals surface area contributed by atoms with E-state index in [-0.39, 0.29) is 12.5 Å². The van der Waals surface area contributed by atoms with Crippen molar-refractivity contribution < 1.29 is 14.3 Å². The lowest BCUT2D eigenvalue weighted by molar-refractivity contribution is -0.140. The first-order chi connectivity index (χ1) is 9.74. The molecule has 1 fully saturated rings. The van der Waals surface area contributed by atoms with Gasteiger partial charge in [0.05, 0.1) is 0 Å².